The lowest BCUT2D eigenvalue weighted by Crippen LogP contribution is -2.63. The van der Waals surface area contributed by atoms with Crippen molar-refractivity contribution in [3.05, 3.63) is 28.3 Å². The highest BCUT2D eigenvalue weighted by molar-refractivity contribution is 6.35. The average molecular weight is 420 g/mol. The number of halogens is 1. The molecule has 4 rings (SSSR count). The molecule has 7 heteroatoms. The van der Waals surface area contributed by atoms with E-state index in [1.165, 1.54) is 11.1 Å². The van der Waals surface area contributed by atoms with Crippen LogP contribution in [0.3, 0.4) is 0 Å². The molecule has 3 unspecified atom stereocenters. The Bertz CT molecular complexity index is 768. The third kappa shape index (κ3) is 4.72. The van der Waals surface area contributed by atoms with Gasteiger partial charge >= 0.3 is 0 Å². The van der Waals surface area contributed by atoms with Crippen LogP contribution in [0.5, 0.6) is 5.75 Å². The van der Waals surface area contributed by atoms with E-state index in [-0.39, 0.29) is 12.5 Å². The van der Waals surface area contributed by atoms with Crippen LogP contribution in [0.25, 0.3) is 5.57 Å². The van der Waals surface area contributed by atoms with Gasteiger partial charge in [-0.3, -0.25) is 10.6 Å². The van der Waals surface area contributed by atoms with Gasteiger partial charge in [0, 0.05) is 24.2 Å². The van der Waals surface area contributed by atoms with Crippen molar-refractivity contribution < 1.29 is 4.74 Å². The van der Waals surface area contributed by atoms with Crippen LogP contribution in [0.4, 0.5) is 5.69 Å². The fourth-order valence-electron chi connectivity index (χ4n) is 4.53. The molecule has 0 spiro atoms. The summed E-state index contributed by atoms with van der Waals surface area (Å²) in [5, 5.41) is 18.4. The Kier molecular flexibility index (Phi) is 6.66. The Labute approximate surface area is 179 Å². The molecule has 0 bridgehead atoms. The third-order valence-electron chi connectivity index (χ3n) is 6.17. The third-order valence-corrected chi connectivity index (χ3v) is 6.56. The summed E-state index contributed by atoms with van der Waals surface area (Å²) >= 11 is 7.02. The first-order valence-electron chi connectivity index (χ1n) is 10.9. The maximum absolute atomic E-state index is 7.02. The Hall–Kier alpha value is -1.31. The Balaban J connectivity index is 1.67. The number of benzene rings is 1. The number of aryl methyl sites for hydroxylation is 1. The number of rotatable bonds is 4. The van der Waals surface area contributed by atoms with Crippen molar-refractivity contribution in [1.29, 1.82) is 0 Å². The highest BCUT2D eigenvalue weighted by Gasteiger charge is 2.28. The molecule has 1 aromatic carbocycles. The first-order valence-corrected chi connectivity index (χ1v) is 11.3. The van der Waals surface area contributed by atoms with Crippen LogP contribution >= 0.6 is 11.6 Å². The minimum Gasteiger partial charge on any atom is -0.493 e. The highest BCUT2D eigenvalue weighted by Crippen LogP contribution is 2.44. The molecule has 5 N–H and O–H groups in total. The molecule has 0 radical (unpaired) electrons. The predicted molar refractivity (Wildman–Crippen MR) is 121 cm³/mol. The van der Waals surface area contributed by atoms with Crippen LogP contribution in [0.1, 0.15) is 50.7 Å². The number of nitrogens with one attached hydrogen (secondary N) is 5. The molecule has 0 amide bonds. The van der Waals surface area contributed by atoms with Crippen molar-refractivity contribution >= 4 is 22.9 Å². The van der Waals surface area contributed by atoms with Gasteiger partial charge in [0.2, 0.25) is 0 Å². The zero-order valence-electron chi connectivity index (χ0n) is 17.7. The molecule has 0 saturated carbocycles. The largest absolute Gasteiger partial charge is 0.493 e. The highest BCUT2D eigenvalue weighted by atomic mass is 35.5. The lowest BCUT2D eigenvalue weighted by atomic mass is 9.93. The molecular weight excluding hydrogens is 386 g/mol. The van der Waals surface area contributed by atoms with E-state index in [1.807, 2.05) is 7.05 Å². The van der Waals surface area contributed by atoms with Crippen LogP contribution in [0, 0.1) is 0 Å². The van der Waals surface area contributed by atoms with Crippen molar-refractivity contribution in [1.82, 2.24) is 21.3 Å². The average Bonchev–Trinajstić information content (AvgIpc) is 2.92. The topological polar surface area (TPSA) is 69.4 Å². The van der Waals surface area contributed by atoms with Crippen molar-refractivity contribution in [3.8, 4) is 5.75 Å². The molecule has 1 fully saturated rings. The van der Waals surface area contributed by atoms with E-state index in [0.29, 0.717) is 12.1 Å². The molecule has 6 nitrogen and oxygen atoms in total. The van der Waals surface area contributed by atoms with E-state index in [4.69, 9.17) is 16.3 Å². The summed E-state index contributed by atoms with van der Waals surface area (Å²) in [4.78, 5) is 0. The number of allylic oxidation sites excluding steroid dienone is 1. The predicted octanol–water partition coefficient (Wildman–Crippen LogP) is 3.03. The lowest BCUT2D eigenvalue weighted by Gasteiger charge is -2.37. The molecule has 3 aliphatic rings. The van der Waals surface area contributed by atoms with Crippen LogP contribution in [0.2, 0.25) is 5.02 Å². The summed E-state index contributed by atoms with van der Waals surface area (Å²) in [5.74, 6) is 0.985. The SMILES string of the molecule is CNC1CC(C)NC(Nc2cc3c(c(C4=CCN[C@@H](C)CC4)c2Cl)OCCC3)N1. The first kappa shape index (κ1) is 20.9. The van der Waals surface area contributed by atoms with E-state index < -0.39 is 0 Å². The molecule has 29 heavy (non-hydrogen) atoms. The van der Waals surface area contributed by atoms with Gasteiger partial charge in [0.05, 0.1) is 23.5 Å². The minimum atomic E-state index is -0.0473. The van der Waals surface area contributed by atoms with Gasteiger partial charge in [-0.05, 0) is 70.2 Å². The second-order valence-electron chi connectivity index (χ2n) is 8.52. The summed E-state index contributed by atoms with van der Waals surface area (Å²) < 4.78 is 6.14. The summed E-state index contributed by atoms with van der Waals surface area (Å²) in [6.07, 6.45) is 7.70. The second-order valence-corrected chi connectivity index (χ2v) is 8.90. The Morgan fingerprint density at radius 2 is 2.03 bits per heavy atom. The fourth-order valence-corrected chi connectivity index (χ4v) is 4.84. The number of anilines is 1. The van der Waals surface area contributed by atoms with Crippen molar-refractivity contribution in [2.75, 3.05) is 25.5 Å². The maximum atomic E-state index is 7.02. The van der Waals surface area contributed by atoms with Gasteiger partial charge in [0.15, 0.2) is 0 Å². The number of hydrogen-bond acceptors (Lipinski definition) is 6. The molecular formula is C22H34ClN5O. The summed E-state index contributed by atoms with van der Waals surface area (Å²) in [6.45, 7) is 6.07. The van der Waals surface area contributed by atoms with Crippen molar-refractivity contribution in [2.45, 2.75) is 70.5 Å². The zero-order chi connectivity index (χ0) is 20.4. The molecule has 1 saturated heterocycles. The normalized spacial score (nSPS) is 30.0. The minimum absolute atomic E-state index is 0.0473. The van der Waals surface area contributed by atoms with Crippen LogP contribution < -0.4 is 31.3 Å². The Morgan fingerprint density at radius 3 is 2.86 bits per heavy atom. The zero-order valence-corrected chi connectivity index (χ0v) is 18.5. The van der Waals surface area contributed by atoms with E-state index in [9.17, 15) is 0 Å². The van der Waals surface area contributed by atoms with E-state index in [1.54, 1.807) is 0 Å². The molecule has 0 aliphatic carbocycles. The molecule has 0 aromatic heterocycles. The monoisotopic (exact) mass is 419 g/mol. The number of ether oxygens (including phenoxy) is 1. The lowest BCUT2D eigenvalue weighted by molar-refractivity contribution is 0.249. The molecule has 4 atom stereocenters. The summed E-state index contributed by atoms with van der Waals surface area (Å²) in [6, 6.07) is 3.09. The molecule has 3 aliphatic heterocycles. The molecule has 1 aromatic rings. The quantitative estimate of drug-likeness (QED) is 0.517. The summed E-state index contributed by atoms with van der Waals surface area (Å²) in [7, 11) is 1.99. The second kappa shape index (κ2) is 9.23. The van der Waals surface area contributed by atoms with Gasteiger partial charge in [0.1, 0.15) is 12.0 Å². The fraction of sp³-hybridized carbons (Fsp3) is 0.636. The van der Waals surface area contributed by atoms with E-state index in [2.05, 4.69) is 52.6 Å². The van der Waals surface area contributed by atoms with Gasteiger partial charge < -0.3 is 20.7 Å². The van der Waals surface area contributed by atoms with E-state index in [0.717, 1.165) is 67.3 Å². The van der Waals surface area contributed by atoms with Gasteiger partial charge in [-0.1, -0.05) is 17.7 Å². The maximum Gasteiger partial charge on any atom is 0.133 e. The van der Waals surface area contributed by atoms with Crippen LogP contribution in [0.15, 0.2) is 12.1 Å². The summed E-state index contributed by atoms with van der Waals surface area (Å²) in [5.41, 5.74) is 4.58. The van der Waals surface area contributed by atoms with Gasteiger partial charge in [-0.15, -0.1) is 0 Å². The molecule has 3 heterocycles. The van der Waals surface area contributed by atoms with Gasteiger partial charge in [-0.25, -0.2) is 0 Å². The van der Waals surface area contributed by atoms with Crippen LogP contribution in [-0.2, 0) is 6.42 Å². The van der Waals surface area contributed by atoms with Crippen molar-refractivity contribution in [2.24, 2.45) is 0 Å². The molecule has 160 valence electrons. The van der Waals surface area contributed by atoms with Crippen LogP contribution in [-0.4, -0.2) is 44.7 Å². The smallest absolute Gasteiger partial charge is 0.133 e. The number of hydrogen-bond donors (Lipinski definition) is 5. The number of fused-ring (bicyclic) bond motifs is 1. The standard InChI is InChI=1S/C22H34ClN5O/c1-13-6-7-15(8-9-25-13)19-20(23)17(12-16-5-4-10-29-21(16)19)27-22-26-14(2)11-18(24-3)28-22/h8,12-14,18,22,24-28H,4-7,9-11H2,1-3H3/t13-,14?,18?,22?/m0/s1. The Morgan fingerprint density at radius 1 is 1.17 bits per heavy atom. The van der Waals surface area contributed by atoms with Crippen molar-refractivity contribution in [3.63, 3.8) is 0 Å². The van der Waals surface area contributed by atoms with E-state index >= 15 is 0 Å². The van der Waals surface area contributed by atoms with Gasteiger partial charge in [-0.2, -0.15) is 0 Å². The first-order chi connectivity index (χ1) is 14.0. The van der Waals surface area contributed by atoms with Gasteiger partial charge in [0.25, 0.3) is 0 Å².